The summed E-state index contributed by atoms with van der Waals surface area (Å²) >= 11 is 1.01. The number of hydrogen-bond acceptors (Lipinski definition) is 7. The number of thiazole rings is 1. The zero-order valence-electron chi connectivity index (χ0n) is 17.3. The number of sulfone groups is 1. The van der Waals surface area contributed by atoms with E-state index in [0.29, 0.717) is 29.0 Å². The second kappa shape index (κ2) is 8.17. The molecule has 5 rings (SSSR count). The standard InChI is InChI=1S/C21H16F3N5O3S2/c22-21(23,24)12-4-6-29-17(7-12)16(10-28-29)18-11-27-20(33-18)19(30)26-9-13-8-15(3-5-25-13)34(31,32)14-1-2-14/h3-8,10-11,14H,1-2,9H2,(H,26,30). The lowest BCUT2D eigenvalue weighted by molar-refractivity contribution is -0.137. The molecule has 0 aromatic carbocycles. The molecule has 34 heavy (non-hydrogen) atoms. The van der Waals surface area contributed by atoms with Gasteiger partial charge in [0.05, 0.1) is 44.5 Å². The number of aromatic nitrogens is 4. The van der Waals surface area contributed by atoms with E-state index < -0.39 is 27.5 Å². The maximum Gasteiger partial charge on any atom is 0.416 e. The molecule has 4 heterocycles. The number of hydrogen-bond donors (Lipinski definition) is 1. The Morgan fingerprint density at radius 3 is 2.71 bits per heavy atom. The molecule has 0 spiro atoms. The molecule has 4 aromatic rings. The molecular formula is C21H16F3N5O3S2. The van der Waals surface area contributed by atoms with Gasteiger partial charge in [-0.15, -0.1) is 11.3 Å². The number of carbonyl (C=O) groups is 1. The van der Waals surface area contributed by atoms with Crippen molar-refractivity contribution in [3.8, 4) is 10.4 Å². The smallest absolute Gasteiger partial charge is 0.344 e. The third-order valence-corrected chi connectivity index (χ3v) is 8.61. The van der Waals surface area contributed by atoms with Crippen LogP contribution in [0.1, 0.15) is 33.9 Å². The fraction of sp³-hybridized carbons (Fsp3) is 0.238. The highest BCUT2D eigenvalue weighted by Crippen LogP contribution is 2.35. The molecule has 1 saturated carbocycles. The minimum absolute atomic E-state index is 0.00652. The number of halogens is 3. The average Bonchev–Trinajstić information content (AvgIpc) is 3.42. The molecule has 176 valence electrons. The first-order valence-electron chi connectivity index (χ1n) is 10.1. The molecule has 0 bridgehead atoms. The minimum atomic E-state index is -4.49. The highest BCUT2D eigenvalue weighted by Gasteiger charge is 2.37. The molecule has 0 unspecified atom stereocenters. The van der Waals surface area contributed by atoms with Crippen LogP contribution in [0.4, 0.5) is 13.2 Å². The summed E-state index contributed by atoms with van der Waals surface area (Å²) in [5.41, 5.74) is 0.238. The highest BCUT2D eigenvalue weighted by molar-refractivity contribution is 7.92. The summed E-state index contributed by atoms with van der Waals surface area (Å²) in [6.45, 7) is -0.00652. The highest BCUT2D eigenvalue weighted by atomic mass is 32.2. The number of alkyl halides is 3. The molecule has 1 fully saturated rings. The molecular weight excluding hydrogens is 491 g/mol. The Morgan fingerprint density at radius 1 is 1.18 bits per heavy atom. The van der Waals surface area contributed by atoms with Crippen molar-refractivity contribution in [3.63, 3.8) is 0 Å². The van der Waals surface area contributed by atoms with Crippen LogP contribution in [0, 0.1) is 0 Å². The van der Waals surface area contributed by atoms with Gasteiger partial charge in [0.2, 0.25) is 0 Å². The average molecular weight is 508 g/mol. The Hall–Kier alpha value is -3.32. The van der Waals surface area contributed by atoms with Crippen molar-refractivity contribution in [3.05, 3.63) is 65.3 Å². The predicted molar refractivity (Wildman–Crippen MR) is 117 cm³/mol. The van der Waals surface area contributed by atoms with Gasteiger partial charge >= 0.3 is 6.18 Å². The maximum absolute atomic E-state index is 13.1. The SMILES string of the molecule is O=C(NCc1cc(S(=O)(=O)C2CC2)ccn1)c1ncc(-c2cnn3ccc(C(F)(F)F)cc23)s1. The Bertz CT molecular complexity index is 1510. The summed E-state index contributed by atoms with van der Waals surface area (Å²) in [6.07, 6.45) is 2.23. The van der Waals surface area contributed by atoms with E-state index in [-0.39, 0.29) is 27.2 Å². The monoisotopic (exact) mass is 507 g/mol. The van der Waals surface area contributed by atoms with Gasteiger partial charge in [-0.05, 0) is 37.1 Å². The molecule has 1 N–H and O–H groups in total. The second-order valence-corrected chi connectivity index (χ2v) is 11.0. The summed E-state index contributed by atoms with van der Waals surface area (Å²) in [7, 11) is -3.37. The van der Waals surface area contributed by atoms with Gasteiger partial charge in [0.1, 0.15) is 0 Å². The van der Waals surface area contributed by atoms with E-state index in [0.717, 1.165) is 23.5 Å². The molecule has 0 aliphatic heterocycles. The molecule has 4 aromatic heterocycles. The van der Waals surface area contributed by atoms with Crippen LogP contribution in [0.15, 0.2) is 53.9 Å². The molecule has 1 amide bonds. The quantitative estimate of drug-likeness (QED) is 0.426. The second-order valence-electron chi connectivity index (χ2n) is 7.74. The zero-order valence-corrected chi connectivity index (χ0v) is 18.9. The molecule has 8 nitrogen and oxygen atoms in total. The van der Waals surface area contributed by atoms with E-state index >= 15 is 0 Å². The number of nitrogens with one attached hydrogen (secondary N) is 1. The Kier molecular flexibility index (Phi) is 5.40. The van der Waals surface area contributed by atoms with Crippen molar-refractivity contribution in [2.45, 2.75) is 35.7 Å². The van der Waals surface area contributed by atoms with Crippen LogP contribution >= 0.6 is 11.3 Å². The Morgan fingerprint density at radius 2 is 1.97 bits per heavy atom. The first-order valence-corrected chi connectivity index (χ1v) is 12.5. The first-order chi connectivity index (χ1) is 16.1. The molecule has 1 aliphatic carbocycles. The van der Waals surface area contributed by atoms with Gasteiger partial charge < -0.3 is 5.32 Å². The van der Waals surface area contributed by atoms with E-state index in [1.54, 1.807) is 0 Å². The van der Waals surface area contributed by atoms with Crippen molar-refractivity contribution >= 4 is 32.6 Å². The van der Waals surface area contributed by atoms with Crippen molar-refractivity contribution in [1.82, 2.24) is 24.9 Å². The van der Waals surface area contributed by atoms with E-state index in [4.69, 9.17) is 0 Å². The lowest BCUT2D eigenvalue weighted by Crippen LogP contribution is -2.23. The van der Waals surface area contributed by atoms with Gasteiger partial charge in [-0.2, -0.15) is 18.3 Å². The fourth-order valence-corrected chi connectivity index (χ4v) is 5.94. The van der Waals surface area contributed by atoms with Crippen molar-refractivity contribution in [2.75, 3.05) is 0 Å². The van der Waals surface area contributed by atoms with E-state index in [9.17, 15) is 26.4 Å². The topological polar surface area (TPSA) is 106 Å². The molecule has 13 heteroatoms. The third-order valence-electron chi connectivity index (χ3n) is 5.32. The summed E-state index contributed by atoms with van der Waals surface area (Å²) in [5, 5.41) is 6.46. The summed E-state index contributed by atoms with van der Waals surface area (Å²) < 4.78 is 65.4. The van der Waals surface area contributed by atoms with E-state index in [1.807, 2.05) is 0 Å². The van der Waals surface area contributed by atoms with Gasteiger partial charge in [0.25, 0.3) is 5.91 Å². The van der Waals surface area contributed by atoms with E-state index in [2.05, 4.69) is 20.4 Å². The molecule has 0 saturated heterocycles. The van der Waals surface area contributed by atoms with Crippen LogP contribution in [0.25, 0.3) is 16.0 Å². The van der Waals surface area contributed by atoms with Crippen LogP contribution in [-0.2, 0) is 22.6 Å². The number of rotatable bonds is 6. The summed E-state index contributed by atoms with van der Waals surface area (Å²) in [4.78, 5) is 21.4. The largest absolute Gasteiger partial charge is 0.416 e. The predicted octanol–water partition coefficient (Wildman–Crippen LogP) is 3.74. The van der Waals surface area contributed by atoms with Crippen molar-refractivity contribution < 1.29 is 26.4 Å². The number of carbonyl (C=O) groups excluding carboxylic acids is 1. The van der Waals surface area contributed by atoms with Crippen LogP contribution in [0.5, 0.6) is 0 Å². The van der Waals surface area contributed by atoms with Crippen molar-refractivity contribution in [2.24, 2.45) is 0 Å². The van der Waals surface area contributed by atoms with Crippen LogP contribution in [0.2, 0.25) is 0 Å². The van der Waals surface area contributed by atoms with Crippen molar-refractivity contribution in [1.29, 1.82) is 0 Å². The number of fused-ring (bicyclic) bond motifs is 1. The number of amides is 1. The molecule has 0 atom stereocenters. The number of nitrogens with zero attached hydrogens (tertiary/aromatic N) is 4. The third kappa shape index (κ3) is 4.28. The van der Waals surface area contributed by atoms with E-state index in [1.165, 1.54) is 41.4 Å². The first kappa shape index (κ1) is 22.5. The van der Waals surface area contributed by atoms with Gasteiger partial charge in [-0.1, -0.05) is 0 Å². The normalized spacial score (nSPS) is 14.4. The maximum atomic E-state index is 13.1. The number of pyridine rings is 2. The van der Waals surface area contributed by atoms with Gasteiger partial charge in [0.15, 0.2) is 14.8 Å². The molecule has 0 radical (unpaired) electrons. The lowest BCUT2D eigenvalue weighted by Gasteiger charge is -2.07. The molecule has 1 aliphatic rings. The van der Waals surface area contributed by atoms with Gasteiger partial charge in [0, 0.05) is 24.2 Å². The minimum Gasteiger partial charge on any atom is -0.344 e. The van der Waals surface area contributed by atoms with Gasteiger partial charge in [-0.3, -0.25) is 9.78 Å². The van der Waals surface area contributed by atoms with Gasteiger partial charge in [-0.25, -0.2) is 17.9 Å². The van der Waals surface area contributed by atoms with Crippen LogP contribution in [-0.4, -0.2) is 39.2 Å². The Balaban J connectivity index is 1.32. The van der Waals surface area contributed by atoms with Crippen LogP contribution in [0.3, 0.4) is 0 Å². The van der Waals surface area contributed by atoms with Crippen LogP contribution < -0.4 is 5.32 Å². The zero-order chi connectivity index (χ0) is 24.1. The lowest BCUT2D eigenvalue weighted by atomic mass is 10.2. The Labute approximate surface area is 195 Å². The summed E-state index contributed by atoms with van der Waals surface area (Å²) in [6, 6.07) is 4.81. The fourth-order valence-electron chi connectivity index (χ4n) is 3.40. The summed E-state index contributed by atoms with van der Waals surface area (Å²) in [5.74, 6) is -0.513.